The van der Waals surface area contributed by atoms with Crippen LogP contribution in [-0.2, 0) is 0 Å². The lowest BCUT2D eigenvalue weighted by Gasteiger charge is -2.30. The van der Waals surface area contributed by atoms with Gasteiger partial charge in [0.05, 0.1) is 13.2 Å². The Morgan fingerprint density at radius 1 is 1.12 bits per heavy atom. The van der Waals surface area contributed by atoms with Crippen LogP contribution in [0.15, 0.2) is 42.5 Å². The zero-order chi connectivity index (χ0) is 19.1. The van der Waals surface area contributed by atoms with Gasteiger partial charge in [-0.05, 0) is 61.8 Å². The van der Waals surface area contributed by atoms with E-state index >= 15 is 0 Å². The molecule has 0 spiro atoms. The molecule has 0 radical (unpaired) electrons. The molecule has 2 aromatic carbocycles. The van der Waals surface area contributed by atoms with Crippen LogP contribution in [-0.4, -0.2) is 37.6 Å². The summed E-state index contributed by atoms with van der Waals surface area (Å²) in [5.41, 5.74) is 4.06. The molecule has 1 atom stereocenters. The van der Waals surface area contributed by atoms with Gasteiger partial charge in [0.2, 0.25) is 0 Å². The lowest BCUT2D eigenvalue weighted by molar-refractivity contribution is 0.0934. The molecule has 2 rings (SSSR count). The van der Waals surface area contributed by atoms with Gasteiger partial charge in [0.1, 0.15) is 5.75 Å². The van der Waals surface area contributed by atoms with Crippen molar-refractivity contribution in [3.63, 3.8) is 0 Å². The minimum Gasteiger partial charge on any atom is -0.497 e. The summed E-state index contributed by atoms with van der Waals surface area (Å²) >= 11 is 0. The molecule has 0 aliphatic rings. The average Bonchev–Trinajstić information content (AvgIpc) is 2.67. The van der Waals surface area contributed by atoms with E-state index in [0.717, 1.165) is 41.1 Å². The summed E-state index contributed by atoms with van der Waals surface area (Å²) in [7, 11) is 1.67. The van der Waals surface area contributed by atoms with E-state index in [1.54, 1.807) is 7.11 Å². The molecule has 2 aromatic rings. The summed E-state index contributed by atoms with van der Waals surface area (Å²) in [6.45, 7) is 10.7. The number of ether oxygens (including phenoxy) is 1. The van der Waals surface area contributed by atoms with Crippen molar-refractivity contribution < 1.29 is 9.53 Å². The van der Waals surface area contributed by atoms with Crippen molar-refractivity contribution in [2.45, 2.75) is 33.7 Å². The summed E-state index contributed by atoms with van der Waals surface area (Å²) in [4.78, 5) is 15.1. The minimum absolute atomic E-state index is 0.0220. The van der Waals surface area contributed by atoms with Crippen LogP contribution in [0.25, 0.3) is 0 Å². The molecule has 0 aliphatic heterocycles. The number of aryl methyl sites for hydroxylation is 1. The number of carbonyl (C=O) groups excluding carboxylic acids is 1. The fourth-order valence-corrected chi connectivity index (χ4v) is 3.25. The number of amides is 1. The molecule has 1 N–H and O–H groups in total. The third-order valence-electron chi connectivity index (χ3n) is 5.04. The predicted molar refractivity (Wildman–Crippen MR) is 107 cm³/mol. The second kappa shape index (κ2) is 9.39. The predicted octanol–water partition coefficient (Wildman–Crippen LogP) is 4.12. The van der Waals surface area contributed by atoms with Crippen LogP contribution in [0.4, 0.5) is 0 Å². The maximum absolute atomic E-state index is 12.7. The zero-order valence-electron chi connectivity index (χ0n) is 16.5. The van der Waals surface area contributed by atoms with Crippen molar-refractivity contribution in [3.05, 3.63) is 64.7 Å². The van der Waals surface area contributed by atoms with Gasteiger partial charge in [0, 0.05) is 12.1 Å². The molecule has 4 nitrogen and oxygen atoms in total. The van der Waals surface area contributed by atoms with Gasteiger partial charge in [-0.2, -0.15) is 0 Å². The lowest BCUT2D eigenvalue weighted by Crippen LogP contribution is -2.38. The van der Waals surface area contributed by atoms with Gasteiger partial charge in [-0.3, -0.25) is 9.69 Å². The van der Waals surface area contributed by atoms with E-state index in [-0.39, 0.29) is 11.9 Å². The van der Waals surface area contributed by atoms with Crippen LogP contribution in [0, 0.1) is 13.8 Å². The number of likely N-dealkylation sites (N-methyl/N-ethyl adjacent to an activating group) is 1. The van der Waals surface area contributed by atoms with Crippen molar-refractivity contribution in [1.29, 1.82) is 0 Å². The standard InChI is InChI=1S/C22H30N2O2/c1-6-24(7-2)21(18-11-9-12-19(14-18)26-5)15-23-22(25)20-13-8-10-16(3)17(20)4/h8-14,21H,6-7,15H2,1-5H3,(H,23,25). The first-order valence-electron chi connectivity index (χ1n) is 9.24. The van der Waals surface area contributed by atoms with Crippen LogP contribution in [0.2, 0.25) is 0 Å². The molecule has 0 aliphatic carbocycles. The van der Waals surface area contributed by atoms with E-state index in [9.17, 15) is 4.79 Å². The number of carbonyl (C=O) groups is 1. The summed E-state index contributed by atoms with van der Waals surface area (Å²) in [5, 5.41) is 3.13. The summed E-state index contributed by atoms with van der Waals surface area (Å²) in [6.07, 6.45) is 0. The van der Waals surface area contributed by atoms with E-state index < -0.39 is 0 Å². The molecule has 1 amide bonds. The highest BCUT2D eigenvalue weighted by atomic mass is 16.5. The summed E-state index contributed by atoms with van der Waals surface area (Å²) in [6, 6.07) is 14.0. The minimum atomic E-state index is -0.0220. The van der Waals surface area contributed by atoms with Crippen molar-refractivity contribution in [1.82, 2.24) is 10.2 Å². The average molecular weight is 354 g/mol. The Morgan fingerprint density at radius 2 is 1.81 bits per heavy atom. The Labute approximate surface area is 157 Å². The highest BCUT2D eigenvalue weighted by Gasteiger charge is 2.20. The Hall–Kier alpha value is -2.33. The van der Waals surface area contributed by atoms with Crippen molar-refractivity contribution in [2.24, 2.45) is 0 Å². The Balaban J connectivity index is 2.21. The van der Waals surface area contributed by atoms with E-state index in [4.69, 9.17) is 4.74 Å². The van der Waals surface area contributed by atoms with Gasteiger partial charge in [-0.15, -0.1) is 0 Å². The van der Waals surface area contributed by atoms with Gasteiger partial charge in [-0.25, -0.2) is 0 Å². The van der Waals surface area contributed by atoms with Crippen LogP contribution in [0.5, 0.6) is 5.75 Å². The van der Waals surface area contributed by atoms with Gasteiger partial charge in [0.25, 0.3) is 5.91 Å². The molecule has 0 bridgehead atoms. The smallest absolute Gasteiger partial charge is 0.251 e. The quantitative estimate of drug-likeness (QED) is 0.775. The molecule has 26 heavy (non-hydrogen) atoms. The highest BCUT2D eigenvalue weighted by Crippen LogP contribution is 2.24. The fourth-order valence-electron chi connectivity index (χ4n) is 3.25. The molecule has 1 unspecified atom stereocenters. The normalized spacial score (nSPS) is 12.1. The van der Waals surface area contributed by atoms with E-state index in [1.165, 1.54) is 0 Å². The van der Waals surface area contributed by atoms with Crippen LogP contribution in [0.3, 0.4) is 0 Å². The zero-order valence-corrected chi connectivity index (χ0v) is 16.5. The third kappa shape index (κ3) is 4.64. The van der Waals surface area contributed by atoms with Gasteiger partial charge in [0.15, 0.2) is 0 Å². The summed E-state index contributed by atoms with van der Waals surface area (Å²) < 4.78 is 5.37. The van der Waals surface area contributed by atoms with Crippen molar-refractivity contribution in [3.8, 4) is 5.75 Å². The molecule has 140 valence electrons. The third-order valence-corrected chi connectivity index (χ3v) is 5.04. The first kappa shape index (κ1) is 20.0. The Kier molecular flexibility index (Phi) is 7.22. The number of hydrogen-bond acceptors (Lipinski definition) is 3. The number of benzene rings is 2. The van der Waals surface area contributed by atoms with Crippen LogP contribution < -0.4 is 10.1 Å². The SMILES string of the molecule is CCN(CC)C(CNC(=O)c1cccc(C)c1C)c1cccc(OC)c1. The number of nitrogens with one attached hydrogen (secondary N) is 1. The molecule has 0 saturated carbocycles. The topological polar surface area (TPSA) is 41.6 Å². The number of hydrogen-bond donors (Lipinski definition) is 1. The molecule has 4 heteroatoms. The largest absolute Gasteiger partial charge is 0.497 e. The highest BCUT2D eigenvalue weighted by molar-refractivity contribution is 5.95. The number of rotatable bonds is 8. The van der Waals surface area contributed by atoms with Gasteiger partial charge in [-0.1, -0.05) is 38.1 Å². The molecule has 0 saturated heterocycles. The monoisotopic (exact) mass is 354 g/mol. The molecule has 0 heterocycles. The van der Waals surface area contributed by atoms with Crippen LogP contribution >= 0.6 is 0 Å². The molecular formula is C22H30N2O2. The van der Waals surface area contributed by atoms with E-state index in [1.807, 2.05) is 50.2 Å². The second-order valence-electron chi connectivity index (χ2n) is 6.47. The molecular weight excluding hydrogens is 324 g/mol. The maximum Gasteiger partial charge on any atom is 0.251 e. The van der Waals surface area contributed by atoms with Gasteiger partial charge < -0.3 is 10.1 Å². The van der Waals surface area contributed by atoms with E-state index in [2.05, 4.69) is 30.1 Å². The van der Waals surface area contributed by atoms with Crippen molar-refractivity contribution >= 4 is 5.91 Å². The van der Waals surface area contributed by atoms with Crippen LogP contribution in [0.1, 0.15) is 46.9 Å². The summed E-state index contributed by atoms with van der Waals surface area (Å²) in [5.74, 6) is 0.812. The second-order valence-corrected chi connectivity index (χ2v) is 6.47. The first-order chi connectivity index (χ1) is 12.5. The van der Waals surface area contributed by atoms with Gasteiger partial charge >= 0.3 is 0 Å². The van der Waals surface area contributed by atoms with Crippen molar-refractivity contribution in [2.75, 3.05) is 26.7 Å². The lowest BCUT2D eigenvalue weighted by atomic mass is 10.0. The number of nitrogens with zero attached hydrogens (tertiary/aromatic N) is 1. The Morgan fingerprint density at radius 3 is 2.46 bits per heavy atom. The van der Waals surface area contributed by atoms with E-state index in [0.29, 0.717) is 6.54 Å². The maximum atomic E-state index is 12.7. The molecule has 0 aromatic heterocycles. The first-order valence-corrected chi connectivity index (χ1v) is 9.24. The molecule has 0 fully saturated rings. The fraction of sp³-hybridized carbons (Fsp3) is 0.409. The number of methoxy groups -OCH3 is 1. The Bertz CT molecular complexity index is 739.